The van der Waals surface area contributed by atoms with Crippen LogP contribution in [0.3, 0.4) is 0 Å². The second kappa shape index (κ2) is 9.07. The smallest absolute Gasteiger partial charge is 0.223 e. The summed E-state index contributed by atoms with van der Waals surface area (Å²) in [5.41, 5.74) is 2.78. The molecular formula is C23H26N4O4. The van der Waals surface area contributed by atoms with Crippen LogP contribution in [0.4, 0.5) is 0 Å². The van der Waals surface area contributed by atoms with E-state index in [1.807, 2.05) is 58.2 Å². The highest BCUT2D eigenvalue weighted by Gasteiger charge is 2.32. The van der Waals surface area contributed by atoms with Gasteiger partial charge in [-0.25, -0.2) is 4.68 Å². The summed E-state index contributed by atoms with van der Waals surface area (Å²) in [7, 11) is 4.74. The highest BCUT2D eigenvalue weighted by Crippen LogP contribution is 2.40. The zero-order chi connectivity index (χ0) is 21.8. The minimum Gasteiger partial charge on any atom is -0.493 e. The molecule has 1 aliphatic heterocycles. The van der Waals surface area contributed by atoms with E-state index in [0.29, 0.717) is 43.2 Å². The minimum atomic E-state index is 0.108. The fraction of sp³-hybridized carbons (Fsp3) is 0.348. The number of amides is 1. The molecule has 0 N–H and O–H groups in total. The van der Waals surface area contributed by atoms with Crippen molar-refractivity contribution in [1.82, 2.24) is 19.9 Å². The van der Waals surface area contributed by atoms with Crippen LogP contribution >= 0.6 is 0 Å². The second-order valence-electron chi connectivity index (χ2n) is 7.40. The zero-order valence-electron chi connectivity index (χ0n) is 17.9. The van der Waals surface area contributed by atoms with Crippen molar-refractivity contribution < 1.29 is 19.0 Å². The van der Waals surface area contributed by atoms with Crippen LogP contribution in [-0.4, -0.2) is 60.2 Å². The molecule has 8 heteroatoms. The summed E-state index contributed by atoms with van der Waals surface area (Å²) in [6.07, 6.45) is 2.90. The molecule has 0 spiro atoms. The molecule has 1 aliphatic rings. The van der Waals surface area contributed by atoms with E-state index in [2.05, 4.69) is 10.3 Å². The number of rotatable bonds is 8. The van der Waals surface area contributed by atoms with Crippen LogP contribution in [-0.2, 0) is 11.2 Å². The van der Waals surface area contributed by atoms with Crippen molar-refractivity contribution in [2.24, 2.45) is 0 Å². The van der Waals surface area contributed by atoms with E-state index in [9.17, 15) is 4.79 Å². The summed E-state index contributed by atoms with van der Waals surface area (Å²) in [5.74, 6) is 1.85. The molecule has 0 unspecified atom stereocenters. The van der Waals surface area contributed by atoms with Crippen LogP contribution in [0.15, 0.2) is 48.7 Å². The highest BCUT2D eigenvalue weighted by molar-refractivity contribution is 5.77. The predicted octanol–water partition coefficient (Wildman–Crippen LogP) is 2.99. The first-order chi connectivity index (χ1) is 15.1. The maximum Gasteiger partial charge on any atom is 0.223 e. The summed E-state index contributed by atoms with van der Waals surface area (Å²) in [4.78, 5) is 14.5. The van der Waals surface area contributed by atoms with Gasteiger partial charge in [0.2, 0.25) is 11.7 Å². The number of aryl methyl sites for hydroxylation is 1. The lowest BCUT2D eigenvalue weighted by atomic mass is 10.0. The Bertz CT molecular complexity index is 1040. The van der Waals surface area contributed by atoms with E-state index in [4.69, 9.17) is 14.2 Å². The third kappa shape index (κ3) is 4.19. The number of aromatic nitrogens is 3. The fourth-order valence-corrected chi connectivity index (χ4v) is 3.78. The van der Waals surface area contributed by atoms with Crippen LogP contribution < -0.4 is 14.2 Å². The van der Waals surface area contributed by atoms with Crippen molar-refractivity contribution in [2.45, 2.75) is 18.9 Å². The summed E-state index contributed by atoms with van der Waals surface area (Å²) in [6, 6.07) is 13.8. The number of benzene rings is 2. The summed E-state index contributed by atoms with van der Waals surface area (Å²) < 4.78 is 18.1. The maximum absolute atomic E-state index is 12.7. The van der Waals surface area contributed by atoms with Crippen LogP contribution in [0.25, 0.3) is 11.3 Å². The van der Waals surface area contributed by atoms with Crippen molar-refractivity contribution in [3.63, 3.8) is 0 Å². The first-order valence-electron chi connectivity index (χ1n) is 10.2. The zero-order valence-corrected chi connectivity index (χ0v) is 17.9. The van der Waals surface area contributed by atoms with Gasteiger partial charge in [0.05, 0.1) is 33.6 Å². The third-order valence-corrected chi connectivity index (χ3v) is 5.56. The number of likely N-dealkylation sites (tertiary alicyclic amines) is 1. The molecule has 3 aromatic rings. The van der Waals surface area contributed by atoms with Crippen LogP contribution in [0.2, 0.25) is 0 Å². The molecule has 31 heavy (non-hydrogen) atoms. The van der Waals surface area contributed by atoms with Gasteiger partial charge in [-0.05, 0) is 18.1 Å². The standard InChI is InChI=1S/C23H26N4O4/c1-29-20-11-9-17(22(30-2)23(20)31-3)10-12-21(28)26-13-18(14-26)27-15-19(24-25-27)16-7-5-4-6-8-16/h4-9,11,15,18H,10,12-14H2,1-3H3. The number of methoxy groups -OCH3 is 3. The Labute approximate surface area is 181 Å². The lowest BCUT2D eigenvalue weighted by molar-refractivity contribution is -0.137. The Kier molecular flexibility index (Phi) is 6.06. The van der Waals surface area contributed by atoms with Gasteiger partial charge in [-0.3, -0.25) is 4.79 Å². The first kappa shape index (κ1) is 20.7. The number of nitrogens with zero attached hydrogens (tertiary/aromatic N) is 4. The van der Waals surface area contributed by atoms with E-state index in [-0.39, 0.29) is 11.9 Å². The van der Waals surface area contributed by atoms with Crippen molar-refractivity contribution in [1.29, 1.82) is 0 Å². The van der Waals surface area contributed by atoms with Gasteiger partial charge in [-0.1, -0.05) is 41.6 Å². The quantitative estimate of drug-likeness (QED) is 0.555. The average molecular weight is 422 g/mol. The summed E-state index contributed by atoms with van der Waals surface area (Å²) in [6.45, 7) is 1.28. The Hall–Kier alpha value is -3.55. The van der Waals surface area contributed by atoms with Gasteiger partial charge in [-0.15, -0.1) is 5.10 Å². The molecule has 1 amide bonds. The molecule has 1 aromatic heterocycles. The molecule has 162 valence electrons. The van der Waals surface area contributed by atoms with Crippen molar-refractivity contribution in [3.05, 3.63) is 54.2 Å². The highest BCUT2D eigenvalue weighted by atomic mass is 16.5. The number of ether oxygens (including phenoxy) is 3. The lowest BCUT2D eigenvalue weighted by Gasteiger charge is -2.39. The molecular weight excluding hydrogens is 396 g/mol. The van der Waals surface area contributed by atoms with Gasteiger partial charge in [-0.2, -0.15) is 0 Å². The third-order valence-electron chi connectivity index (χ3n) is 5.56. The van der Waals surface area contributed by atoms with E-state index < -0.39 is 0 Å². The van der Waals surface area contributed by atoms with Gasteiger partial charge in [0.1, 0.15) is 5.69 Å². The first-order valence-corrected chi connectivity index (χ1v) is 10.2. The van der Waals surface area contributed by atoms with E-state index >= 15 is 0 Å². The van der Waals surface area contributed by atoms with Gasteiger partial charge < -0.3 is 19.1 Å². The minimum absolute atomic E-state index is 0.108. The largest absolute Gasteiger partial charge is 0.493 e. The Morgan fingerprint density at radius 2 is 1.74 bits per heavy atom. The SMILES string of the molecule is COc1ccc(CCC(=O)N2CC(n3cc(-c4ccccc4)nn3)C2)c(OC)c1OC. The molecule has 0 atom stereocenters. The monoisotopic (exact) mass is 422 g/mol. The Morgan fingerprint density at radius 1 is 1.00 bits per heavy atom. The average Bonchev–Trinajstić information content (AvgIpc) is 3.26. The van der Waals surface area contributed by atoms with Crippen LogP contribution in [0.1, 0.15) is 18.0 Å². The molecule has 8 nitrogen and oxygen atoms in total. The van der Waals surface area contributed by atoms with Crippen LogP contribution in [0.5, 0.6) is 17.2 Å². The van der Waals surface area contributed by atoms with Gasteiger partial charge in [0.25, 0.3) is 0 Å². The summed E-state index contributed by atoms with van der Waals surface area (Å²) in [5, 5.41) is 8.50. The molecule has 1 saturated heterocycles. The normalized spacial score (nSPS) is 13.6. The topological polar surface area (TPSA) is 78.7 Å². The molecule has 2 aromatic carbocycles. The van der Waals surface area contributed by atoms with Crippen molar-refractivity contribution in [2.75, 3.05) is 34.4 Å². The van der Waals surface area contributed by atoms with Crippen LogP contribution in [0, 0.1) is 0 Å². The maximum atomic E-state index is 12.7. The number of hydrogen-bond donors (Lipinski definition) is 0. The molecule has 0 bridgehead atoms. The van der Waals surface area contributed by atoms with E-state index in [1.54, 1.807) is 21.3 Å². The Balaban J connectivity index is 1.33. The van der Waals surface area contributed by atoms with Gasteiger partial charge in [0.15, 0.2) is 11.5 Å². The van der Waals surface area contributed by atoms with Crippen molar-refractivity contribution in [3.8, 4) is 28.5 Å². The van der Waals surface area contributed by atoms with E-state index in [0.717, 1.165) is 16.8 Å². The molecule has 0 saturated carbocycles. The fourth-order valence-electron chi connectivity index (χ4n) is 3.78. The van der Waals surface area contributed by atoms with E-state index in [1.165, 1.54) is 0 Å². The summed E-state index contributed by atoms with van der Waals surface area (Å²) >= 11 is 0. The second-order valence-corrected chi connectivity index (χ2v) is 7.40. The predicted molar refractivity (Wildman–Crippen MR) is 115 cm³/mol. The van der Waals surface area contributed by atoms with Gasteiger partial charge >= 0.3 is 0 Å². The Morgan fingerprint density at radius 3 is 2.42 bits per heavy atom. The number of carbonyl (C=O) groups excluding carboxylic acids is 1. The molecule has 0 radical (unpaired) electrons. The lowest BCUT2D eigenvalue weighted by Crippen LogP contribution is -2.51. The van der Waals surface area contributed by atoms with Gasteiger partial charge in [0, 0.05) is 25.1 Å². The molecule has 4 rings (SSSR count). The molecule has 2 heterocycles. The number of carbonyl (C=O) groups is 1. The number of hydrogen-bond acceptors (Lipinski definition) is 6. The molecule has 0 aliphatic carbocycles. The van der Waals surface area contributed by atoms with Crippen molar-refractivity contribution >= 4 is 5.91 Å². The molecule has 1 fully saturated rings.